The quantitative estimate of drug-likeness (QED) is 0.703. The van der Waals surface area contributed by atoms with Gasteiger partial charge in [-0.3, -0.25) is 9.69 Å². The van der Waals surface area contributed by atoms with E-state index in [-0.39, 0.29) is 19.1 Å². The highest BCUT2D eigenvalue weighted by Crippen LogP contribution is 2.27. The summed E-state index contributed by atoms with van der Waals surface area (Å²) in [5, 5.41) is 22.6. The minimum atomic E-state index is -0.735. The summed E-state index contributed by atoms with van der Waals surface area (Å²) in [5.74, 6) is -0.161. The molecule has 1 aliphatic rings. The number of aliphatic hydroxyl groups excluding tert-OH is 1. The molecule has 0 saturated heterocycles. The van der Waals surface area contributed by atoms with E-state index >= 15 is 0 Å². The van der Waals surface area contributed by atoms with Crippen molar-refractivity contribution < 1.29 is 9.90 Å². The average molecular weight is 398 g/mol. The highest BCUT2D eigenvalue weighted by Gasteiger charge is 2.33. The molecule has 0 bridgehead atoms. The first kappa shape index (κ1) is 21.0. The van der Waals surface area contributed by atoms with Crippen molar-refractivity contribution in [1.82, 2.24) is 10.2 Å². The molecule has 1 aliphatic carbocycles. The lowest BCUT2D eigenvalue weighted by atomic mass is 9.83. The SMILES string of the molecule is N#CC1(NC(=O)CN(CCCO)Cc2ccc(Cl)c(Cl)c2)CCCCC1. The van der Waals surface area contributed by atoms with Gasteiger partial charge in [-0.1, -0.05) is 48.5 Å². The molecule has 142 valence electrons. The number of rotatable bonds is 8. The zero-order chi connectivity index (χ0) is 19.0. The van der Waals surface area contributed by atoms with Gasteiger partial charge in [-0.25, -0.2) is 0 Å². The number of halogens is 2. The van der Waals surface area contributed by atoms with Crippen LogP contribution in [0.15, 0.2) is 18.2 Å². The van der Waals surface area contributed by atoms with E-state index in [4.69, 9.17) is 28.3 Å². The molecule has 1 aromatic carbocycles. The molecule has 0 heterocycles. The average Bonchev–Trinajstić information content (AvgIpc) is 2.63. The first-order valence-corrected chi connectivity index (χ1v) is 9.73. The summed E-state index contributed by atoms with van der Waals surface area (Å²) < 4.78 is 0. The Balaban J connectivity index is 2.00. The summed E-state index contributed by atoms with van der Waals surface area (Å²) in [5.41, 5.74) is 0.208. The molecular formula is C19H25Cl2N3O2. The summed E-state index contributed by atoms with van der Waals surface area (Å²) in [6.45, 7) is 1.32. The molecule has 0 radical (unpaired) electrons. The van der Waals surface area contributed by atoms with Crippen molar-refractivity contribution in [3.8, 4) is 6.07 Å². The Labute approximate surface area is 164 Å². The Kier molecular flexibility index (Phi) is 8.17. The van der Waals surface area contributed by atoms with Gasteiger partial charge in [-0.15, -0.1) is 0 Å². The van der Waals surface area contributed by atoms with Crippen LogP contribution in [0.4, 0.5) is 0 Å². The molecule has 0 unspecified atom stereocenters. The zero-order valence-corrected chi connectivity index (χ0v) is 16.3. The first-order chi connectivity index (χ1) is 12.5. The molecule has 0 atom stereocenters. The van der Waals surface area contributed by atoms with Crippen molar-refractivity contribution >= 4 is 29.1 Å². The number of hydrogen-bond donors (Lipinski definition) is 2. The molecule has 1 fully saturated rings. The molecule has 0 spiro atoms. The summed E-state index contributed by atoms with van der Waals surface area (Å²) in [7, 11) is 0. The summed E-state index contributed by atoms with van der Waals surface area (Å²) in [4.78, 5) is 14.5. The largest absolute Gasteiger partial charge is 0.396 e. The standard InChI is InChI=1S/C19H25Cl2N3O2/c20-16-6-5-15(11-17(16)21)12-24(9-4-10-25)13-18(26)23-19(14-22)7-2-1-3-8-19/h5-6,11,25H,1-4,7-10,12-13H2,(H,23,26). The fourth-order valence-electron chi connectivity index (χ4n) is 3.33. The van der Waals surface area contributed by atoms with Crippen molar-refractivity contribution in [2.24, 2.45) is 0 Å². The third-order valence-electron chi connectivity index (χ3n) is 4.69. The van der Waals surface area contributed by atoms with Crippen LogP contribution < -0.4 is 5.32 Å². The van der Waals surface area contributed by atoms with E-state index < -0.39 is 5.54 Å². The maximum Gasteiger partial charge on any atom is 0.235 e. The van der Waals surface area contributed by atoms with Crippen LogP contribution in [0.1, 0.15) is 44.1 Å². The lowest BCUT2D eigenvalue weighted by molar-refractivity contribution is -0.124. The van der Waals surface area contributed by atoms with E-state index in [0.717, 1.165) is 24.8 Å². The summed E-state index contributed by atoms with van der Waals surface area (Å²) >= 11 is 12.0. The van der Waals surface area contributed by atoms with E-state index in [2.05, 4.69) is 11.4 Å². The molecule has 7 heteroatoms. The van der Waals surface area contributed by atoms with Gasteiger partial charge in [-0.2, -0.15) is 5.26 Å². The van der Waals surface area contributed by atoms with Crippen LogP contribution in [-0.2, 0) is 11.3 Å². The molecule has 0 aliphatic heterocycles. The Morgan fingerprint density at radius 3 is 2.62 bits per heavy atom. The van der Waals surface area contributed by atoms with Crippen LogP contribution in [0.25, 0.3) is 0 Å². The number of benzene rings is 1. The maximum atomic E-state index is 12.5. The number of nitrogens with one attached hydrogen (secondary N) is 1. The van der Waals surface area contributed by atoms with Crippen molar-refractivity contribution in [2.75, 3.05) is 19.7 Å². The maximum absolute atomic E-state index is 12.5. The minimum Gasteiger partial charge on any atom is -0.396 e. The molecule has 2 rings (SSSR count). The van der Waals surface area contributed by atoms with Crippen LogP contribution in [-0.4, -0.2) is 41.1 Å². The van der Waals surface area contributed by atoms with Gasteiger partial charge in [0.05, 0.1) is 22.7 Å². The number of nitriles is 1. The molecular weight excluding hydrogens is 373 g/mol. The molecule has 5 nitrogen and oxygen atoms in total. The van der Waals surface area contributed by atoms with E-state index in [1.165, 1.54) is 0 Å². The number of aliphatic hydroxyl groups is 1. The third-order valence-corrected chi connectivity index (χ3v) is 5.43. The van der Waals surface area contributed by atoms with Gasteiger partial charge < -0.3 is 10.4 Å². The number of hydrogen-bond acceptors (Lipinski definition) is 4. The fourth-order valence-corrected chi connectivity index (χ4v) is 3.65. The molecule has 2 N–H and O–H groups in total. The molecule has 0 aromatic heterocycles. The fraction of sp³-hybridized carbons (Fsp3) is 0.579. The number of carbonyl (C=O) groups is 1. The van der Waals surface area contributed by atoms with Crippen molar-refractivity contribution in [3.05, 3.63) is 33.8 Å². The Morgan fingerprint density at radius 2 is 2.00 bits per heavy atom. The number of nitrogens with zero attached hydrogens (tertiary/aromatic N) is 2. The Morgan fingerprint density at radius 1 is 1.27 bits per heavy atom. The Hall–Kier alpha value is -1.32. The van der Waals surface area contributed by atoms with Gasteiger partial charge in [0.2, 0.25) is 5.91 Å². The predicted molar refractivity (Wildman–Crippen MR) is 103 cm³/mol. The highest BCUT2D eigenvalue weighted by molar-refractivity contribution is 6.42. The normalized spacial score (nSPS) is 16.3. The first-order valence-electron chi connectivity index (χ1n) is 8.97. The molecule has 1 aromatic rings. The van der Waals surface area contributed by atoms with Gasteiger partial charge >= 0.3 is 0 Å². The Bertz CT molecular complexity index is 655. The third kappa shape index (κ3) is 6.14. The van der Waals surface area contributed by atoms with Crippen LogP contribution in [0.5, 0.6) is 0 Å². The van der Waals surface area contributed by atoms with E-state index in [1.807, 2.05) is 11.0 Å². The van der Waals surface area contributed by atoms with Crippen molar-refractivity contribution in [1.29, 1.82) is 5.26 Å². The van der Waals surface area contributed by atoms with Gasteiger partial charge in [0, 0.05) is 19.7 Å². The summed E-state index contributed by atoms with van der Waals surface area (Å²) in [6, 6.07) is 7.69. The van der Waals surface area contributed by atoms with E-state index in [1.54, 1.807) is 12.1 Å². The topological polar surface area (TPSA) is 76.4 Å². The molecule has 26 heavy (non-hydrogen) atoms. The number of carbonyl (C=O) groups excluding carboxylic acids is 1. The van der Waals surface area contributed by atoms with Gasteiger partial charge in [0.1, 0.15) is 5.54 Å². The smallest absolute Gasteiger partial charge is 0.235 e. The van der Waals surface area contributed by atoms with Crippen LogP contribution in [0, 0.1) is 11.3 Å². The van der Waals surface area contributed by atoms with Crippen LogP contribution >= 0.6 is 23.2 Å². The lowest BCUT2D eigenvalue weighted by Crippen LogP contribution is -2.51. The van der Waals surface area contributed by atoms with E-state index in [9.17, 15) is 10.1 Å². The van der Waals surface area contributed by atoms with Crippen molar-refractivity contribution in [3.63, 3.8) is 0 Å². The van der Waals surface area contributed by atoms with Crippen LogP contribution in [0.2, 0.25) is 10.0 Å². The lowest BCUT2D eigenvalue weighted by Gasteiger charge is -2.32. The van der Waals surface area contributed by atoms with Crippen LogP contribution in [0.3, 0.4) is 0 Å². The molecule has 1 amide bonds. The minimum absolute atomic E-state index is 0.0572. The van der Waals surface area contributed by atoms with Gasteiger partial charge in [0.15, 0.2) is 0 Å². The number of amides is 1. The molecule has 1 saturated carbocycles. The zero-order valence-electron chi connectivity index (χ0n) is 14.8. The monoisotopic (exact) mass is 397 g/mol. The second-order valence-corrected chi connectivity index (χ2v) is 7.65. The highest BCUT2D eigenvalue weighted by atomic mass is 35.5. The van der Waals surface area contributed by atoms with E-state index in [0.29, 0.717) is 42.4 Å². The summed E-state index contributed by atoms with van der Waals surface area (Å²) in [6.07, 6.45) is 5.02. The van der Waals surface area contributed by atoms with Gasteiger partial charge in [-0.05, 0) is 37.0 Å². The second kappa shape index (κ2) is 10.1. The van der Waals surface area contributed by atoms with Gasteiger partial charge in [0.25, 0.3) is 0 Å². The van der Waals surface area contributed by atoms with Crippen molar-refractivity contribution in [2.45, 2.75) is 50.6 Å². The second-order valence-electron chi connectivity index (χ2n) is 6.84. The predicted octanol–water partition coefficient (Wildman–Crippen LogP) is 3.52.